The molecule has 1 atom stereocenters. The van der Waals surface area contributed by atoms with Crippen LogP contribution in [-0.2, 0) is 17.6 Å². The molecule has 0 aliphatic carbocycles. The van der Waals surface area contributed by atoms with Crippen molar-refractivity contribution >= 4 is 57.9 Å². The van der Waals surface area contributed by atoms with Gasteiger partial charge in [0.1, 0.15) is 0 Å². The molecular formula is C21H15Cl3O3S. The number of halogens is 3. The van der Waals surface area contributed by atoms with Crippen molar-refractivity contribution in [1.29, 1.82) is 0 Å². The van der Waals surface area contributed by atoms with Gasteiger partial charge in [-0.15, -0.1) is 22.9 Å². The number of carboxylic acid groups (broad SMARTS) is 1. The molecular weight excluding hydrogens is 439 g/mol. The van der Waals surface area contributed by atoms with Gasteiger partial charge in [-0.25, -0.2) is 4.79 Å². The van der Waals surface area contributed by atoms with Crippen LogP contribution in [0.5, 0.6) is 0 Å². The van der Waals surface area contributed by atoms with Crippen molar-refractivity contribution in [2.75, 3.05) is 0 Å². The summed E-state index contributed by atoms with van der Waals surface area (Å²) >= 11 is 19.6. The maximum atomic E-state index is 12.6. The van der Waals surface area contributed by atoms with E-state index in [-0.39, 0.29) is 24.2 Å². The fourth-order valence-corrected chi connectivity index (χ4v) is 4.48. The largest absolute Gasteiger partial charge is 0.478 e. The van der Waals surface area contributed by atoms with Crippen LogP contribution in [0.15, 0.2) is 53.9 Å². The standard InChI is InChI=1S/C21H15Cl3O3S/c22-14-7-5-12(6-8-14)15-11-28-19(20(15)21(26)27)10-18(25)17(24)9-13-3-1-2-4-16(13)23/h1-8,11,17H,9-10H2,(H,26,27). The van der Waals surface area contributed by atoms with Crippen LogP contribution in [0.1, 0.15) is 20.8 Å². The number of ketones is 1. The van der Waals surface area contributed by atoms with Crippen molar-refractivity contribution in [3.8, 4) is 11.1 Å². The molecule has 0 bridgehead atoms. The van der Waals surface area contributed by atoms with Gasteiger partial charge in [-0.05, 0) is 41.1 Å². The third-order valence-corrected chi connectivity index (χ3v) is 6.28. The van der Waals surface area contributed by atoms with Crippen LogP contribution in [0.25, 0.3) is 11.1 Å². The molecule has 0 radical (unpaired) electrons. The van der Waals surface area contributed by atoms with Gasteiger partial charge < -0.3 is 5.11 Å². The highest BCUT2D eigenvalue weighted by Crippen LogP contribution is 2.33. The molecule has 1 N–H and O–H groups in total. The van der Waals surface area contributed by atoms with Crippen LogP contribution in [-0.4, -0.2) is 22.2 Å². The van der Waals surface area contributed by atoms with Crippen molar-refractivity contribution in [3.63, 3.8) is 0 Å². The average molecular weight is 454 g/mol. The van der Waals surface area contributed by atoms with Gasteiger partial charge >= 0.3 is 5.97 Å². The first-order valence-corrected chi connectivity index (χ1v) is 10.4. The first kappa shape index (κ1) is 20.9. The predicted octanol–water partition coefficient (Wildman–Crippen LogP) is 6.38. The number of carboxylic acids is 1. The molecule has 28 heavy (non-hydrogen) atoms. The van der Waals surface area contributed by atoms with Crippen molar-refractivity contribution in [2.45, 2.75) is 18.2 Å². The van der Waals surface area contributed by atoms with Crippen molar-refractivity contribution in [2.24, 2.45) is 0 Å². The van der Waals surface area contributed by atoms with Gasteiger partial charge in [0, 0.05) is 26.9 Å². The normalized spacial score (nSPS) is 12.0. The van der Waals surface area contributed by atoms with Crippen LogP contribution in [0.3, 0.4) is 0 Å². The summed E-state index contributed by atoms with van der Waals surface area (Å²) in [6, 6.07) is 14.1. The molecule has 0 aliphatic rings. The molecule has 3 nitrogen and oxygen atoms in total. The van der Waals surface area contributed by atoms with Crippen LogP contribution >= 0.6 is 46.1 Å². The molecule has 3 aromatic rings. The van der Waals surface area contributed by atoms with Crippen molar-refractivity contribution < 1.29 is 14.7 Å². The molecule has 2 aromatic carbocycles. The van der Waals surface area contributed by atoms with Gasteiger partial charge in [0.15, 0.2) is 5.78 Å². The first-order chi connectivity index (χ1) is 13.4. The molecule has 144 valence electrons. The number of hydrogen-bond donors (Lipinski definition) is 1. The van der Waals surface area contributed by atoms with E-state index in [9.17, 15) is 14.7 Å². The second-order valence-electron chi connectivity index (χ2n) is 6.17. The molecule has 0 spiro atoms. The zero-order chi connectivity index (χ0) is 20.3. The number of Topliss-reactive ketones (excluding diaryl/α,β-unsaturated/α-hetero) is 1. The number of benzene rings is 2. The average Bonchev–Trinajstić information content (AvgIpc) is 3.08. The van der Waals surface area contributed by atoms with E-state index in [1.54, 1.807) is 41.8 Å². The Labute approximate surface area is 181 Å². The van der Waals surface area contributed by atoms with E-state index in [1.807, 2.05) is 12.1 Å². The Morgan fingerprint density at radius 3 is 2.36 bits per heavy atom. The van der Waals surface area contributed by atoms with Crippen LogP contribution in [0.2, 0.25) is 10.0 Å². The van der Waals surface area contributed by atoms with Crippen LogP contribution in [0.4, 0.5) is 0 Å². The zero-order valence-electron chi connectivity index (χ0n) is 14.5. The maximum Gasteiger partial charge on any atom is 0.337 e. The van der Waals surface area contributed by atoms with Gasteiger partial charge in [0.05, 0.1) is 10.9 Å². The number of hydrogen-bond acceptors (Lipinski definition) is 3. The lowest BCUT2D eigenvalue weighted by atomic mass is 9.99. The molecule has 0 aliphatic heterocycles. The van der Waals surface area contributed by atoms with Gasteiger partial charge in [-0.3, -0.25) is 4.79 Å². The Balaban J connectivity index is 1.82. The van der Waals surface area contributed by atoms with E-state index >= 15 is 0 Å². The molecule has 1 heterocycles. The lowest BCUT2D eigenvalue weighted by Gasteiger charge is -2.10. The van der Waals surface area contributed by atoms with Gasteiger partial charge in [-0.2, -0.15) is 0 Å². The highest BCUT2D eigenvalue weighted by atomic mass is 35.5. The highest BCUT2D eigenvalue weighted by Gasteiger charge is 2.24. The van der Waals surface area contributed by atoms with E-state index in [0.717, 1.165) is 11.1 Å². The number of carbonyl (C=O) groups excluding carboxylic acids is 1. The lowest BCUT2D eigenvalue weighted by molar-refractivity contribution is -0.118. The Morgan fingerprint density at radius 2 is 1.71 bits per heavy atom. The lowest BCUT2D eigenvalue weighted by Crippen LogP contribution is -2.20. The summed E-state index contributed by atoms with van der Waals surface area (Å²) in [6.45, 7) is 0. The first-order valence-electron chi connectivity index (χ1n) is 8.36. The molecule has 0 amide bonds. The highest BCUT2D eigenvalue weighted by molar-refractivity contribution is 7.11. The van der Waals surface area contributed by atoms with Gasteiger partial charge in [0.2, 0.25) is 0 Å². The summed E-state index contributed by atoms with van der Waals surface area (Å²) in [7, 11) is 0. The maximum absolute atomic E-state index is 12.6. The van der Waals surface area contributed by atoms with Crippen LogP contribution in [0, 0.1) is 0 Å². The summed E-state index contributed by atoms with van der Waals surface area (Å²) in [5, 5.41) is 11.8. The number of carbonyl (C=O) groups is 2. The third-order valence-electron chi connectivity index (χ3n) is 4.28. The van der Waals surface area contributed by atoms with E-state index in [4.69, 9.17) is 34.8 Å². The third kappa shape index (κ3) is 4.76. The van der Waals surface area contributed by atoms with E-state index < -0.39 is 11.3 Å². The fourth-order valence-electron chi connectivity index (χ4n) is 2.84. The number of aromatic carboxylic acids is 1. The second-order valence-corrected chi connectivity index (χ2v) is 8.50. The molecule has 0 saturated carbocycles. The molecule has 0 saturated heterocycles. The number of rotatable bonds is 7. The molecule has 0 fully saturated rings. The van der Waals surface area contributed by atoms with E-state index in [1.165, 1.54) is 11.3 Å². The minimum Gasteiger partial charge on any atom is -0.478 e. The second kappa shape index (κ2) is 9.10. The Hall–Kier alpha value is -1.85. The van der Waals surface area contributed by atoms with Crippen LogP contribution < -0.4 is 0 Å². The Bertz CT molecular complexity index is 1010. The van der Waals surface area contributed by atoms with E-state index in [0.29, 0.717) is 20.5 Å². The number of thiophene rings is 1. The molecule has 1 aromatic heterocycles. The summed E-state index contributed by atoms with van der Waals surface area (Å²) in [5.41, 5.74) is 2.20. The summed E-state index contributed by atoms with van der Waals surface area (Å²) < 4.78 is 0. The fraction of sp³-hybridized carbons (Fsp3) is 0.143. The summed E-state index contributed by atoms with van der Waals surface area (Å²) in [5.74, 6) is -1.32. The monoisotopic (exact) mass is 452 g/mol. The minimum atomic E-state index is -1.08. The van der Waals surface area contributed by atoms with Gasteiger partial charge in [0.25, 0.3) is 0 Å². The topological polar surface area (TPSA) is 54.4 Å². The predicted molar refractivity (Wildman–Crippen MR) is 115 cm³/mol. The van der Waals surface area contributed by atoms with Gasteiger partial charge in [-0.1, -0.05) is 53.5 Å². The SMILES string of the molecule is O=C(O)c1c(-c2ccc(Cl)cc2)csc1CC(=O)C(Cl)Cc1ccccc1Cl. The summed E-state index contributed by atoms with van der Waals surface area (Å²) in [6.07, 6.45) is 0.246. The van der Waals surface area contributed by atoms with Crippen molar-refractivity contribution in [3.05, 3.63) is 80.0 Å². The molecule has 7 heteroatoms. The smallest absolute Gasteiger partial charge is 0.337 e. The number of alkyl halides is 1. The quantitative estimate of drug-likeness (QED) is 0.422. The van der Waals surface area contributed by atoms with E-state index in [2.05, 4.69) is 0 Å². The minimum absolute atomic E-state index is 0.0431. The summed E-state index contributed by atoms with van der Waals surface area (Å²) in [4.78, 5) is 24.9. The Morgan fingerprint density at radius 1 is 1.04 bits per heavy atom. The molecule has 1 unspecified atom stereocenters. The Kier molecular flexibility index (Phi) is 6.78. The molecule has 3 rings (SSSR count). The van der Waals surface area contributed by atoms with Crippen molar-refractivity contribution in [1.82, 2.24) is 0 Å². The zero-order valence-corrected chi connectivity index (χ0v) is 17.6.